The third kappa shape index (κ3) is 8.08. The van der Waals surface area contributed by atoms with E-state index in [4.69, 9.17) is 5.11 Å². The van der Waals surface area contributed by atoms with Crippen molar-refractivity contribution in [3.63, 3.8) is 0 Å². The summed E-state index contributed by atoms with van der Waals surface area (Å²) in [5, 5.41) is 15.5. The molecule has 0 aromatic heterocycles. The number of phenolic OH excluding ortho intramolecular Hbond substituents is 1. The Labute approximate surface area is 143 Å². The topological polar surface area (TPSA) is 56.7 Å². The number of halogens is 2. The molecular weight excluding hydrogens is 384 g/mol. The van der Waals surface area contributed by atoms with Crippen molar-refractivity contribution in [1.29, 1.82) is 0 Å². The number of nitrogens with one attached hydrogen (secondary N) is 2. The molecule has 0 radical (unpaired) electrons. The minimum atomic E-state index is -0.615. The van der Waals surface area contributed by atoms with Gasteiger partial charge in [-0.15, -0.1) is 24.0 Å². The highest BCUT2D eigenvalue weighted by atomic mass is 127. The first-order valence-corrected chi connectivity index (χ1v) is 7.02. The third-order valence-electron chi connectivity index (χ3n) is 2.79. The van der Waals surface area contributed by atoms with Crippen molar-refractivity contribution in [1.82, 2.24) is 10.6 Å². The summed E-state index contributed by atoms with van der Waals surface area (Å²) in [6.45, 7) is 8.34. The number of rotatable bonds is 6. The fraction of sp³-hybridized carbons (Fsp3) is 0.533. The summed E-state index contributed by atoms with van der Waals surface area (Å²) in [5.41, 5.74) is 0.723. The molecule has 0 saturated heterocycles. The fourth-order valence-corrected chi connectivity index (χ4v) is 1.64. The van der Waals surface area contributed by atoms with Gasteiger partial charge in [0, 0.05) is 13.1 Å². The molecule has 0 aliphatic rings. The number of phenols is 1. The Morgan fingerprint density at radius 1 is 1.33 bits per heavy atom. The van der Waals surface area contributed by atoms with E-state index in [1.54, 1.807) is 6.07 Å². The maximum atomic E-state index is 13.2. The van der Waals surface area contributed by atoms with Crippen molar-refractivity contribution in [2.45, 2.75) is 33.7 Å². The lowest BCUT2D eigenvalue weighted by Gasteiger charge is -2.12. The van der Waals surface area contributed by atoms with Crippen molar-refractivity contribution >= 4 is 29.9 Å². The van der Waals surface area contributed by atoms with E-state index in [1.165, 1.54) is 12.1 Å². The molecule has 21 heavy (non-hydrogen) atoms. The first-order valence-electron chi connectivity index (χ1n) is 7.02. The molecule has 0 saturated carbocycles. The van der Waals surface area contributed by atoms with Crippen molar-refractivity contribution < 1.29 is 9.50 Å². The lowest BCUT2D eigenvalue weighted by atomic mass is 10.1. The van der Waals surface area contributed by atoms with Gasteiger partial charge in [-0.25, -0.2) is 9.38 Å². The van der Waals surface area contributed by atoms with E-state index in [2.05, 4.69) is 29.5 Å². The van der Waals surface area contributed by atoms with Gasteiger partial charge in [0.05, 0.1) is 6.54 Å². The van der Waals surface area contributed by atoms with Crippen LogP contribution in [0.4, 0.5) is 4.39 Å². The minimum Gasteiger partial charge on any atom is -0.505 e. The fourth-order valence-electron chi connectivity index (χ4n) is 1.64. The molecule has 0 unspecified atom stereocenters. The zero-order chi connectivity index (χ0) is 15.0. The van der Waals surface area contributed by atoms with E-state index in [9.17, 15) is 4.39 Å². The number of benzene rings is 1. The lowest BCUT2D eigenvalue weighted by Crippen LogP contribution is -2.38. The molecular formula is C15H25FIN3O. The second kappa shape index (κ2) is 10.6. The molecule has 0 aliphatic heterocycles. The van der Waals surface area contributed by atoms with Crippen LogP contribution in [0.2, 0.25) is 0 Å². The molecule has 0 aliphatic carbocycles. The van der Waals surface area contributed by atoms with Gasteiger partial charge in [0.1, 0.15) is 0 Å². The molecule has 1 aromatic rings. The van der Waals surface area contributed by atoms with Crippen LogP contribution in [0.3, 0.4) is 0 Å². The van der Waals surface area contributed by atoms with E-state index in [0.717, 1.165) is 31.0 Å². The summed E-state index contributed by atoms with van der Waals surface area (Å²) >= 11 is 0. The normalized spacial score (nSPS) is 11.2. The van der Waals surface area contributed by atoms with E-state index < -0.39 is 5.82 Å². The Hall–Kier alpha value is -1.05. The third-order valence-corrected chi connectivity index (χ3v) is 2.79. The highest BCUT2D eigenvalue weighted by Crippen LogP contribution is 2.16. The largest absolute Gasteiger partial charge is 0.505 e. The number of hydrogen-bond acceptors (Lipinski definition) is 2. The molecule has 1 rings (SSSR count). The van der Waals surface area contributed by atoms with Gasteiger partial charge in [-0.1, -0.05) is 19.9 Å². The zero-order valence-electron chi connectivity index (χ0n) is 12.8. The van der Waals surface area contributed by atoms with E-state index in [1.807, 2.05) is 6.92 Å². The molecule has 3 N–H and O–H groups in total. The summed E-state index contributed by atoms with van der Waals surface area (Å²) in [7, 11) is 0. The molecule has 120 valence electrons. The number of nitrogens with zero attached hydrogens (tertiary/aromatic N) is 1. The van der Waals surface area contributed by atoms with Gasteiger partial charge >= 0.3 is 0 Å². The molecule has 0 atom stereocenters. The van der Waals surface area contributed by atoms with Crippen molar-refractivity contribution in [2.75, 3.05) is 13.1 Å². The predicted molar refractivity (Wildman–Crippen MR) is 95.8 cm³/mol. The molecule has 0 heterocycles. The van der Waals surface area contributed by atoms with Crippen LogP contribution < -0.4 is 10.6 Å². The first-order chi connectivity index (χ1) is 9.52. The smallest absolute Gasteiger partial charge is 0.191 e. The van der Waals surface area contributed by atoms with Crippen LogP contribution in [0.15, 0.2) is 23.2 Å². The monoisotopic (exact) mass is 409 g/mol. The number of aromatic hydroxyl groups is 1. The highest BCUT2D eigenvalue weighted by Gasteiger charge is 2.02. The van der Waals surface area contributed by atoms with E-state index >= 15 is 0 Å². The van der Waals surface area contributed by atoms with Gasteiger partial charge in [-0.05, 0) is 37.0 Å². The van der Waals surface area contributed by atoms with Gasteiger partial charge in [-0.3, -0.25) is 0 Å². The summed E-state index contributed by atoms with van der Waals surface area (Å²) in [5.74, 6) is 0.411. The van der Waals surface area contributed by atoms with Crippen molar-refractivity contribution in [2.24, 2.45) is 10.9 Å². The highest BCUT2D eigenvalue weighted by molar-refractivity contribution is 14.0. The molecule has 0 bridgehead atoms. The first kappa shape index (κ1) is 19.9. The van der Waals surface area contributed by atoms with E-state index in [-0.39, 0.29) is 29.7 Å². The number of aliphatic imine (C=N–C) groups is 1. The summed E-state index contributed by atoms with van der Waals surface area (Å²) < 4.78 is 13.2. The van der Waals surface area contributed by atoms with Crippen LogP contribution >= 0.6 is 24.0 Å². The Morgan fingerprint density at radius 3 is 2.62 bits per heavy atom. The molecule has 1 aromatic carbocycles. The minimum absolute atomic E-state index is 0. The molecule has 0 amide bonds. The van der Waals surface area contributed by atoms with Crippen LogP contribution in [0.25, 0.3) is 0 Å². The Kier molecular flexibility index (Phi) is 10.1. The number of hydrogen-bond donors (Lipinski definition) is 3. The maximum absolute atomic E-state index is 13.2. The van der Waals surface area contributed by atoms with Crippen LogP contribution in [-0.4, -0.2) is 24.2 Å². The van der Waals surface area contributed by atoms with Gasteiger partial charge in [0.15, 0.2) is 17.5 Å². The van der Waals surface area contributed by atoms with Gasteiger partial charge in [-0.2, -0.15) is 0 Å². The Balaban J connectivity index is 0.00000400. The molecule has 6 heteroatoms. The molecule has 4 nitrogen and oxygen atoms in total. The Bertz CT molecular complexity index is 453. The Morgan fingerprint density at radius 2 is 2.05 bits per heavy atom. The van der Waals surface area contributed by atoms with Crippen molar-refractivity contribution in [3.8, 4) is 5.75 Å². The average Bonchev–Trinajstić information content (AvgIpc) is 2.39. The second-order valence-corrected chi connectivity index (χ2v) is 5.09. The zero-order valence-corrected chi connectivity index (χ0v) is 15.1. The summed E-state index contributed by atoms with van der Waals surface area (Å²) in [6.07, 6.45) is 1.07. The summed E-state index contributed by atoms with van der Waals surface area (Å²) in [4.78, 5) is 4.40. The SMILES string of the molecule is CCNC(=NCc1ccc(O)c(F)c1)NCCC(C)C.I. The van der Waals surface area contributed by atoms with Crippen LogP contribution in [0, 0.1) is 11.7 Å². The van der Waals surface area contributed by atoms with Gasteiger partial charge in [0.25, 0.3) is 0 Å². The van der Waals surface area contributed by atoms with Gasteiger partial charge < -0.3 is 15.7 Å². The van der Waals surface area contributed by atoms with Crippen molar-refractivity contribution in [3.05, 3.63) is 29.6 Å². The lowest BCUT2D eigenvalue weighted by molar-refractivity contribution is 0.432. The van der Waals surface area contributed by atoms with Crippen LogP contribution in [0.1, 0.15) is 32.8 Å². The second-order valence-electron chi connectivity index (χ2n) is 5.09. The maximum Gasteiger partial charge on any atom is 0.191 e. The summed E-state index contributed by atoms with van der Waals surface area (Å²) in [6, 6.07) is 4.31. The molecule has 0 spiro atoms. The quantitative estimate of drug-likeness (QED) is 0.384. The van der Waals surface area contributed by atoms with Crippen LogP contribution in [0.5, 0.6) is 5.75 Å². The predicted octanol–water partition coefficient (Wildman–Crippen LogP) is 3.25. The standard InChI is InChI=1S/C15H24FN3O.HI/c1-4-17-15(18-8-7-11(2)3)19-10-12-5-6-14(20)13(16)9-12;/h5-6,9,11,20H,4,7-8,10H2,1-3H3,(H2,17,18,19);1H. The van der Waals surface area contributed by atoms with Crippen LogP contribution in [-0.2, 0) is 6.54 Å². The molecule has 0 fully saturated rings. The van der Waals surface area contributed by atoms with Gasteiger partial charge in [0.2, 0.25) is 0 Å². The van der Waals surface area contributed by atoms with E-state index in [0.29, 0.717) is 12.5 Å². The number of guanidine groups is 1. The average molecular weight is 409 g/mol.